The highest BCUT2D eigenvalue weighted by atomic mass is 16.2. The Hall–Kier alpha value is -1.88. The highest BCUT2D eigenvalue weighted by Crippen LogP contribution is 2.38. The van der Waals surface area contributed by atoms with E-state index in [9.17, 15) is 9.59 Å². The number of para-hydroxylation sites is 1. The van der Waals surface area contributed by atoms with Crippen molar-refractivity contribution in [2.75, 3.05) is 24.5 Å². The van der Waals surface area contributed by atoms with Crippen LogP contribution in [0.1, 0.15) is 56.9 Å². The van der Waals surface area contributed by atoms with Crippen molar-refractivity contribution in [3.63, 3.8) is 0 Å². The summed E-state index contributed by atoms with van der Waals surface area (Å²) in [7, 11) is 0. The van der Waals surface area contributed by atoms with Crippen molar-refractivity contribution in [3.05, 3.63) is 29.8 Å². The first-order valence-corrected chi connectivity index (χ1v) is 9.99. The highest BCUT2D eigenvalue weighted by Gasteiger charge is 2.32. The van der Waals surface area contributed by atoms with Gasteiger partial charge in [-0.25, -0.2) is 0 Å². The zero-order valence-corrected chi connectivity index (χ0v) is 15.6. The minimum Gasteiger partial charge on any atom is -0.356 e. The van der Waals surface area contributed by atoms with Crippen LogP contribution in [0.15, 0.2) is 24.3 Å². The maximum Gasteiger partial charge on any atom is 0.227 e. The molecule has 0 unspecified atom stereocenters. The van der Waals surface area contributed by atoms with Gasteiger partial charge in [-0.3, -0.25) is 9.59 Å². The van der Waals surface area contributed by atoms with E-state index in [-0.39, 0.29) is 17.2 Å². The zero-order valence-electron chi connectivity index (χ0n) is 15.6. The summed E-state index contributed by atoms with van der Waals surface area (Å²) in [4.78, 5) is 26.6. The van der Waals surface area contributed by atoms with Crippen molar-refractivity contribution >= 4 is 17.5 Å². The van der Waals surface area contributed by atoms with Gasteiger partial charge in [0.05, 0.1) is 0 Å². The molecule has 0 radical (unpaired) electrons. The minimum atomic E-state index is -0.00257. The van der Waals surface area contributed by atoms with Crippen LogP contribution in [-0.4, -0.2) is 31.4 Å². The van der Waals surface area contributed by atoms with Gasteiger partial charge < -0.3 is 16.0 Å². The van der Waals surface area contributed by atoms with E-state index in [1.165, 1.54) is 24.8 Å². The molecule has 1 aromatic carbocycles. The summed E-state index contributed by atoms with van der Waals surface area (Å²) in [6, 6.07) is 8.09. The second-order valence-electron chi connectivity index (χ2n) is 7.82. The molecule has 1 aliphatic heterocycles. The fraction of sp³-hybridized carbons (Fsp3) is 0.619. The second kappa shape index (κ2) is 8.67. The molecule has 3 rings (SSSR count). The molecule has 0 atom stereocenters. The van der Waals surface area contributed by atoms with Crippen molar-refractivity contribution in [1.82, 2.24) is 5.32 Å². The lowest BCUT2D eigenvalue weighted by Gasteiger charge is -2.35. The lowest BCUT2D eigenvalue weighted by atomic mass is 9.71. The van der Waals surface area contributed by atoms with E-state index in [0.29, 0.717) is 32.4 Å². The fourth-order valence-electron chi connectivity index (χ4n) is 4.36. The molecule has 1 aromatic rings. The molecule has 1 heterocycles. The van der Waals surface area contributed by atoms with Gasteiger partial charge in [-0.1, -0.05) is 37.5 Å². The Morgan fingerprint density at radius 3 is 2.69 bits per heavy atom. The number of benzene rings is 1. The number of fused-ring (bicyclic) bond motifs is 1. The quantitative estimate of drug-likeness (QED) is 0.737. The Morgan fingerprint density at radius 1 is 1.15 bits per heavy atom. The van der Waals surface area contributed by atoms with Gasteiger partial charge in [0.25, 0.3) is 0 Å². The normalized spacial score (nSPS) is 18.4. The Kier molecular flexibility index (Phi) is 6.30. The smallest absolute Gasteiger partial charge is 0.227 e. The summed E-state index contributed by atoms with van der Waals surface area (Å²) in [6.45, 7) is 1.91. The number of nitrogens with two attached hydrogens (primary N) is 1. The van der Waals surface area contributed by atoms with Crippen LogP contribution in [0, 0.1) is 5.41 Å². The van der Waals surface area contributed by atoms with Crippen LogP contribution >= 0.6 is 0 Å². The maximum absolute atomic E-state index is 12.5. The molecule has 142 valence electrons. The number of carbonyl (C=O) groups excluding carboxylic acids is 2. The third-order valence-corrected chi connectivity index (χ3v) is 5.96. The van der Waals surface area contributed by atoms with Gasteiger partial charge in [0, 0.05) is 31.6 Å². The van der Waals surface area contributed by atoms with Crippen molar-refractivity contribution in [3.8, 4) is 0 Å². The molecule has 2 aliphatic rings. The van der Waals surface area contributed by atoms with E-state index in [0.717, 1.165) is 31.5 Å². The van der Waals surface area contributed by atoms with Gasteiger partial charge in [0.1, 0.15) is 0 Å². The van der Waals surface area contributed by atoms with Crippen molar-refractivity contribution < 1.29 is 9.59 Å². The van der Waals surface area contributed by atoms with Gasteiger partial charge in [-0.05, 0) is 49.3 Å². The minimum absolute atomic E-state index is 0.00257. The van der Waals surface area contributed by atoms with E-state index in [2.05, 4.69) is 11.4 Å². The average Bonchev–Trinajstić information content (AvgIpc) is 3.10. The molecule has 2 amide bonds. The number of anilines is 1. The van der Waals surface area contributed by atoms with E-state index < -0.39 is 0 Å². The van der Waals surface area contributed by atoms with Crippen molar-refractivity contribution in [1.29, 1.82) is 0 Å². The van der Waals surface area contributed by atoms with Crippen molar-refractivity contribution in [2.45, 2.75) is 57.8 Å². The summed E-state index contributed by atoms with van der Waals surface area (Å²) in [5, 5.41) is 2.99. The molecular weight excluding hydrogens is 326 g/mol. The maximum atomic E-state index is 12.5. The fourth-order valence-corrected chi connectivity index (χ4v) is 4.36. The Bertz CT molecular complexity index is 638. The summed E-state index contributed by atoms with van der Waals surface area (Å²) < 4.78 is 0. The first-order valence-electron chi connectivity index (χ1n) is 9.99. The molecule has 0 aromatic heterocycles. The van der Waals surface area contributed by atoms with Crippen molar-refractivity contribution in [2.24, 2.45) is 11.1 Å². The topological polar surface area (TPSA) is 75.4 Å². The van der Waals surface area contributed by atoms with Crippen LogP contribution in [0.4, 0.5) is 5.69 Å². The third kappa shape index (κ3) is 4.44. The van der Waals surface area contributed by atoms with Gasteiger partial charge in [0.15, 0.2) is 0 Å². The first kappa shape index (κ1) is 18.9. The first-order chi connectivity index (χ1) is 12.6. The highest BCUT2D eigenvalue weighted by molar-refractivity contribution is 5.95. The monoisotopic (exact) mass is 357 g/mol. The van der Waals surface area contributed by atoms with Crippen LogP contribution in [-0.2, 0) is 16.0 Å². The molecule has 5 nitrogen and oxygen atoms in total. The van der Waals surface area contributed by atoms with Crippen LogP contribution in [0.2, 0.25) is 0 Å². The molecular formula is C21H31N3O2. The molecule has 5 heteroatoms. The number of nitrogens with one attached hydrogen (secondary N) is 1. The van der Waals surface area contributed by atoms with Crippen LogP contribution < -0.4 is 16.0 Å². The molecule has 1 fully saturated rings. The Morgan fingerprint density at radius 2 is 1.92 bits per heavy atom. The number of carbonyl (C=O) groups is 2. The zero-order chi connectivity index (χ0) is 18.4. The molecule has 0 bridgehead atoms. The molecule has 1 aliphatic carbocycles. The molecule has 3 N–H and O–H groups in total. The largest absolute Gasteiger partial charge is 0.356 e. The van der Waals surface area contributed by atoms with Gasteiger partial charge in [-0.15, -0.1) is 0 Å². The number of amides is 2. The summed E-state index contributed by atoms with van der Waals surface area (Å²) >= 11 is 0. The summed E-state index contributed by atoms with van der Waals surface area (Å²) in [5.74, 6) is 0.228. The lowest BCUT2D eigenvalue weighted by molar-refractivity contribution is -0.124. The Balaban J connectivity index is 1.39. The number of rotatable bonds is 7. The predicted molar refractivity (Wildman–Crippen MR) is 104 cm³/mol. The molecule has 1 saturated carbocycles. The van der Waals surface area contributed by atoms with E-state index in [1.54, 1.807) is 0 Å². The van der Waals surface area contributed by atoms with Gasteiger partial charge in [-0.2, -0.15) is 0 Å². The third-order valence-electron chi connectivity index (χ3n) is 5.96. The van der Waals surface area contributed by atoms with Crippen LogP contribution in [0.3, 0.4) is 0 Å². The number of hydrogen-bond acceptors (Lipinski definition) is 3. The van der Waals surface area contributed by atoms with Crippen LogP contribution in [0.25, 0.3) is 0 Å². The average molecular weight is 357 g/mol. The van der Waals surface area contributed by atoms with Crippen LogP contribution in [0.5, 0.6) is 0 Å². The molecule has 0 saturated heterocycles. The van der Waals surface area contributed by atoms with Gasteiger partial charge in [0.2, 0.25) is 11.8 Å². The van der Waals surface area contributed by atoms with Gasteiger partial charge >= 0.3 is 0 Å². The number of hydrogen-bond donors (Lipinski definition) is 2. The van der Waals surface area contributed by atoms with E-state index in [4.69, 9.17) is 5.73 Å². The summed E-state index contributed by atoms with van der Waals surface area (Å²) in [6.07, 6.45) is 8.33. The van der Waals surface area contributed by atoms with E-state index >= 15 is 0 Å². The summed E-state index contributed by atoms with van der Waals surface area (Å²) in [5.41, 5.74) is 8.25. The second-order valence-corrected chi connectivity index (χ2v) is 7.82. The SMILES string of the molecule is NCC1(CC(=O)NCCCC(=O)N2CCc3ccccc32)CCCCC1. The van der Waals surface area contributed by atoms with E-state index in [1.807, 2.05) is 23.1 Å². The molecule has 0 spiro atoms. The predicted octanol–water partition coefficient (Wildman–Crippen LogP) is 2.77. The Labute approximate surface area is 156 Å². The number of nitrogens with zero attached hydrogens (tertiary/aromatic N) is 1. The molecule has 26 heavy (non-hydrogen) atoms. The standard InChI is InChI=1S/C21H31N3O2/c22-16-21(11-4-1-5-12-21)15-19(25)23-13-6-9-20(26)24-14-10-17-7-2-3-8-18(17)24/h2-3,7-8H,1,4-6,9-16,22H2,(H,23,25). The lowest BCUT2D eigenvalue weighted by Crippen LogP contribution is -2.39.